The van der Waals surface area contributed by atoms with Gasteiger partial charge in [0.2, 0.25) is 10.0 Å². The van der Waals surface area contributed by atoms with Gasteiger partial charge in [-0.25, -0.2) is 13.1 Å². The van der Waals surface area contributed by atoms with E-state index in [-0.39, 0.29) is 0 Å². The van der Waals surface area contributed by atoms with Crippen LogP contribution in [0.2, 0.25) is 0 Å². The van der Waals surface area contributed by atoms with E-state index >= 15 is 0 Å². The van der Waals surface area contributed by atoms with Gasteiger partial charge in [-0.3, -0.25) is 0 Å². The molecule has 0 radical (unpaired) electrons. The zero-order valence-corrected chi connectivity index (χ0v) is 13.5. The molecule has 0 aliphatic rings. The van der Waals surface area contributed by atoms with E-state index in [0.717, 1.165) is 30.7 Å². The van der Waals surface area contributed by atoms with Crippen molar-refractivity contribution >= 4 is 21.4 Å². The second-order valence-electron chi connectivity index (χ2n) is 4.83. The van der Waals surface area contributed by atoms with Crippen molar-refractivity contribution in [3.05, 3.63) is 17.0 Å². The van der Waals surface area contributed by atoms with Gasteiger partial charge in [-0.2, -0.15) is 0 Å². The largest absolute Gasteiger partial charge is 0.314 e. The predicted octanol–water partition coefficient (Wildman–Crippen LogP) is 2.37. The SMILES string of the molecule is CCCCNS(=O)(=O)c1ccc(CCNC(C)C)s1. The van der Waals surface area contributed by atoms with Crippen LogP contribution in [0.3, 0.4) is 0 Å². The number of unbranched alkanes of at least 4 members (excludes halogenated alkanes) is 1. The van der Waals surface area contributed by atoms with Crippen molar-refractivity contribution in [2.45, 2.75) is 50.3 Å². The molecule has 0 aromatic carbocycles. The highest BCUT2D eigenvalue weighted by molar-refractivity contribution is 7.91. The summed E-state index contributed by atoms with van der Waals surface area (Å²) in [6.45, 7) is 7.63. The molecule has 19 heavy (non-hydrogen) atoms. The molecule has 1 aromatic rings. The first kappa shape index (κ1) is 16.6. The van der Waals surface area contributed by atoms with Gasteiger partial charge in [-0.15, -0.1) is 11.3 Å². The van der Waals surface area contributed by atoms with Crippen molar-refractivity contribution in [2.75, 3.05) is 13.1 Å². The fourth-order valence-corrected chi connectivity index (χ4v) is 4.05. The lowest BCUT2D eigenvalue weighted by molar-refractivity contribution is 0.580. The number of rotatable bonds is 9. The molecule has 110 valence electrons. The van der Waals surface area contributed by atoms with E-state index in [1.807, 2.05) is 13.0 Å². The molecule has 0 saturated heterocycles. The smallest absolute Gasteiger partial charge is 0.250 e. The Balaban J connectivity index is 2.53. The van der Waals surface area contributed by atoms with E-state index in [4.69, 9.17) is 0 Å². The van der Waals surface area contributed by atoms with Gasteiger partial charge in [0.25, 0.3) is 0 Å². The molecule has 0 fully saturated rings. The van der Waals surface area contributed by atoms with Crippen LogP contribution in [-0.4, -0.2) is 27.5 Å². The summed E-state index contributed by atoms with van der Waals surface area (Å²) in [6.07, 6.45) is 2.72. The van der Waals surface area contributed by atoms with Gasteiger partial charge in [0.05, 0.1) is 0 Å². The maximum atomic E-state index is 12.0. The summed E-state index contributed by atoms with van der Waals surface area (Å²) in [7, 11) is -3.30. The Morgan fingerprint density at radius 1 is 1.26 bits per heavy atom. The molecular weight excluding hydrogens is 280 g/mol. The second kappa shape index (κ2) is 7.99. The van der Waals surface area contributed by atoms with Crippen molar-refractivity contribution in [3.63, 3.8) is 0 Å². The topological polar surface area (TPSA) is 58.2 Å². The number of thiophene rings is 1. The van der Waals surface area contributed by atoms with Crippen LogP contribution in [0.15, 0.2) is 16.3 Å². The molecule has 0 amide bonds. The van der Waals surface area contributed by atoms with Gasteiger partial charge in [0.1, 0.15) is 4.21 Å². The summed E-state index contributed by atoms with van der Waals surface area (Å²) in [5.41, 5.74) is 0. The van der Waals surface area contributed by atoms with Crippen molar-refractivity contribution in [1.29, 1.82) is 0 Å². The number of hydrogen-bond donors (Lipinski definition) is 2. The fourth-order valence-electron chi connectivity index (χ4n) is 1.58. The van der Waals surface area contributed by atoms with Crippen molar-refractivity contribution in [1.82, 2.24) is 10.0 Å². The average molecular weight is 304 g/mol. The highest BCUT2D eigenvalue weighted by Crippen LogP contribution is 2.21. The third-order valence-corrected chi connectivity index (χ3v) is 5.75. The molecule has 1 rings (SSSR count). The van der Waals surface area contributed by atoms with Gasteiger partial charge < -0.3 is 5.32 Å². The Bertz CT molecular complexity index is 467. The third-order valence-electron chi connectivity index (χ3n) is 2.65. The quantitative estimate of drug-likeness (QED) is 0.689. The summed E-state index contributed by atoms with van der Waals surface area (Å²) in [6, 6.07) is 4.06. The summed E-state index contributed by atoms with van der Waals surface area (Å²) in [5, 5.41) is 3.33. The molecular formula is C13H24N2O2S2. The first-order chi connectivity index (χ1) is 8.95. The molecule has 6 heteroatoms. The van der Waals surface area contributed by atoms with Crippen LogP contribution in [-0.2, 0) is 16.4 Å². The third kappa shape index (κ3) is 6.03. The molecule has 0 aliphatic carbocycles. The zero-order valence-electron chi connectivity index (χ0n) is 11.9. The number of sulfonamides is 1. The van der Waals surface area contributed by atoms with Gasteiger partial charge in [0, 0.05) is 24.0 Å². The van der Waals surface area contributed by atoms with Crippen LogP contribution in [0.25, 0.3) is 0 Å². The van der Waals surface area contributed by atoms with E-state index in [1.54, 1.807) is 6.07 Å². The van der Waals surface area contributed by atoms with Gasteiger partial charge >= 0.3 is 0 Å². The molecule has 0 saturated carbocycles. The molecule has 1 heterocycles. The van der Waals surface area contributed by atoms with E-state index in [0.29, 0.717) is 16.8 Å². The van der Waals surface area contributed by atoms with Crippen LogP contribution in [0.5, 0.6) is 0 Å². The van der Waals surface area contributed by atoms with Crippen LogP contribution in [0, 0.1) is 0 Å². The monoisotopic (exact) mass is 304 g/mol. The second-order valence-corrected chi connectivity index (χ2v) is 7.99. The highest BCUT2D eigenvalue weighted by Gasteiger charge is 2.15. The maximum absolute atomic E-state index is 12.0. The van der Waals surface area contributed by atoms with Crippen LogP contribution in [0.4, 0.5) is 0 Å². The summed E-state index contributed by atoms with van der Waals surface area (Å²) in [4.78, 5) is 1.10. The van der Waals surface area contributed by atoms with Gasteiger partial charge in [0.15, 0.2) is 0 Å². The number of hydrogen-bond acceptors (Lipinski definition) is 4. The predicted molar refractivity (Wildman–Crippen MR) is 81.3 cm³/mol. The molecule has 0 aliphatic heterocycles. The summed E-state index contributed by atoms with van der Waals surface area (Å²) >= 11 is 1.36. The molecule has 4 nitrogen and oxygen atoms in total. The van der Waals surface area contributed by atoms with Crippen LogP contribution < -0.4 is 10.0 Å². The van der Waals surface area contributed by atoms with E-state index in [9.17, 15) is 8.42 Å². The fraction of sp³-hybridized carbons (Fsp3) is 0.692. The first-order valence-corrected chi connectivity index (χ1v) is 9.07. The Morgan fingerprint density at radius 3 is 2.63 bits per heavy atom. The standard InChI is InChI=1S/C13H24N2O2S2/c1-4-5-9-15-19(16,17)13-7-6-12(18-13)8-10-14-11(2)3/h6-7,11,14-15H,4-5,8-10H2,1-3H3. The average Bonchev–Trinajstić information content (AvgIpc) is 2.78. The lowest BCUT2D eigenvalue weighted by Crippen LogP contribution is -2.24. The molecule has 0 atom stereocenters. The summed E-state index contributed by atoms with van der Waals surface area (Å²) < 4.78 is 27.0. The Labute approximate surface area is 120 Å². The molecule has 0 spiro atoms. The maximum Gasteiger partial charge on any atom is 0.250 e. The minimum absolute atomic E-state index is 0.420. The molecule has 2 N–H and O–H groups in total. The summed E-state index contributed by atoms with van der Waals surface area (Å²) in [5.74, 6) is 0. The lowest BCUT2D eigenvalue weighted by atomic mass is 10.3. The molecule has 0 bridgehead atoms. The van der Waals surface area contributed by atoms with Crippen LogP contribution >= 0.6 is 11.3 Å². The van der Waals surface area contributed by atoms with Crippen molar-refractivity contribution < 1.29 is 8.42 Å². The molecule has 1 aromatic heterocycles. The normalized spacial score (nSPS) is 12.2. The molecule has 0 unspecified atom stereocenters. The minimum atomic E-state index is -3.30. The zero-order chi connectivity index (χ0) is 14.3. The Hall–Kier alpha value is -0.430. The van der Waals surface area contributed by atoms with Gasteiger partial charge in [-0.05, 0) is 25.0 Å². The van der Waals surface area contributed by atoms with E-state index < -0.39 is 10.0 Å². The Morgan fingerprint density at radius 2 is 2.00 bits per heavy atom. The van der Waals surface area contributed by atoms with Crippen LogP contribution in [0.1, 0.15) is 38.5 Å². The van der Waals surface area contributed by atoms with Crippen molar-refractivity contribution in [2.24, 2.45) is 0 Å². The minimum Gasteiger partial charge on any atom is -0.314 e. The highest BCUT2D eigenvalue weighted by atomic mass is 32.2. The number of nitrogens with one attached hydrogen (secondary N) is 2. The first-order valence-electron chi connectivity index (χ1n) is 6.77. The lowest BCUT2D eigenvalue weighted by Gasteiger charge is -2.06. The van der Waals surface area contributed by atoms with Gasteiger partial charge in [-0.1, -0.05) is 27.2 Å². The Kier molecular flexibility index (Phi) is 6.99. The van der Waals surface area contributed by atoms with Crippen molar-refractivity contribution in [3.8, 4) is 0 Å². The van der Waals surface area contributed by atoms with E-state index in [2.05, 4.69) is 23.9 Å². The van der Waals surface area contributed by atoms with E-state index in [1.165, 1.54) is 11.3 Å².